The molecule has 0 spiro atoms. The van der Waals surface area contributed by atoms with Gasteiger partial charge in [-0.1, -0.05) is 60.7 Å². The third kappa shape index (κ3) is 4.30. The topological polar surface area (TPSA) is 76.4 Å². The zero-order valence-corrected chi connectivity index (χ0v) is 20.7. The summed E-state index contributed by atoms with van der Waals surface area (Å²) in [5.41, 5.74) is 2.14. The maximum atomic E-state index is 14.2. The average Bonchev–Trinajstić information content (AvgIpc) is 3.22. The van der Waals surface area contributed by atoms with E-state index in [-0.39, 0.29) is 47.1 Å². The van der Waals surface area contributed by atoms with Crippen LogP contribution < -0.4 is 5.32 Å². The van der Waals surface area contributed by atoms with Crippen molar-refractivity contribution in [3.8, 4) is 6.07 Å². The lowest BCUT2D eigenvalue weighted by Gasteiger charge is -2.29. The fraction of sp³-hybridized carbons (Fsp3) is 0.500. The maximum Gasteiger partial charge on any atom is 0.228 e. The summed E-state index contributed by atoms with van der Waals surface area (Å²) in [5, 5.41) is 12.4. The summed E-state index contributed by atoms with van der Waals surface area (Å²) in [7, 11) is 0. The number of likely N-dealkylation sites (tertiary alicyclic amines) is 1. The molecule has 3 heterocycles. The average molecular weight is 483 g/mol. The zero-order valence-electron chi connectivity index (χ0n) is 20.7. The van der Waals surface area contributed by atoms with E-state index in [1.165, 1.54) is 11.1 Å². The van der Waals surface area contributed by atoms with E-state index < -0.39 is 0 Å². The number of nitrogens with one attached hydrogen (secondary N) is 1. The predicted octanol–water partition coefficient (Wildman–Crippen LogP) is 3.70. The third-order valence-electron chi connectivity index (χ3n) is 9.01. The molecule has 6 rings (SSSR count). The lowest BCUT2D eigenvalue weighted by Crippen LogP contribution is -2.45. The Bertz CT molecular complexity index is 1160. The molecule has 4 aliphatic rings. The van der Waals surface area contributed by atoms with Crippen LogP contribution in [-0.2, 0) is 16.1 Å². The first kappa shape index (κ1) is 23.2. The third-order valence-corrected chi connectivity index (χ3v) is 9.01. The largest absolute Gasteiger partial charge is 0.354 e. The van der Waals surface area contributed by atoms with Gasteiger partial charge in [0.1, 0.15) is 0 Å². The van der Waals surface area contributed by atoms with Gasteiger partial charge in [-0.05, 0) is 43.2 Å². The van der Waals surface area contributed by atoms with Gasteiger partial charge in [0.25, 0.3) is 0 Å². The quantitative estimate of drug-likeness (QED) is 0.653. The summed E-state index contributed by atoms with van der Waals surface area (Å²) in [6.07, 6.45) is 4.37. The molecular formula is C30H34N4O2. The van der Waals surface area contributed by atoms with E-state index in [1.54, 1.807) is 0 Å². The second-order valence-electron chi connectivity index (χ2n) is 11.3. The lowest BCUT2D eigenvalue weighted by molar-refractivity contribution is -0.137. The normalized spacial score (nSPS) is 30.2. The molecule has 3 aliphatic heterocycles. The minimum absolute atomic E-state index is 0.0145. The van der Waals surface area contributed by atoms with Gasteiger partial charge < -0.3 is 10.2 Å². The molecular weight excluding hydrogens is 448 g/mol. The highest BCUT2D eigenvalue weighted by Crippen LogP contribution is 2.46. The Morgan fingerprint density at radius 2 is 1.69 bits per heavy atom. The molecule has 1 N–H and O–H groups in total. The fourth-order valence-electron chi connectivity index (χ4n) is 6.82. The number of hydrogen-bond donors (Lipinski definition) is 1. The van der Waals surface area contributed by atoms with Gasteiger partial charge in [0.15, 0.2) is 0 Å². The van der Waals surface area contributed by atoms with E-state index in [2.05, 4.69) is 69.7 Å². The monoisotopic (exact) mass is 482 g/mol. The highest BCUT2D eigenvalue weighted by Gasteiger charge is 2.54. The van der Waals surface area contributed by atoms with Gasteiger partial charge in [-0.3, -0.25) is 14.5 Å². The van der Waals surface area contributed by atoms with Crippen LogP contribution in [0.25, 0.3) is 0 Å². The highest BCUT2D eigenvalue weighted by atomic mass is 16.2. The Morgan fingerprint density at radius 1 is 0.972 bits per heavy atom. The van der Waals surface area contributed by atoms with Crippen molar-refractivity contribution in [3.05, 3.63) is 71.8 Å². The minimum Gasteiger partial charge on any atom is -0.354 e. The summed E-state index contributed by atoms with van der Waals surface area (Å²) in [6, 6.07) is 23.4. The van der Waals surface area contributed by atoms with Crippen molar-refractivity contribution >= 4 is 11.8 Å². The number of rotatable bonds is 7. The Kier molecular flexibility index (Phi) is 6.05. The second kappa shape index (κ2) is 9.37. The van der Waals surface area contributed by atoms with E-state index in [0.29, 0.717) is 6.54 Å². The van der Waals surface area contributed by atoms with Crippen LogP contribution in [0.4, 0.5) is 0 Å². The van der Waals surface area contributed by atoms with Crippen LogP contribution in [0.5, 0.6) is 0 Å². The van der Waals surface area contributed by atoms with Crippen LogP contribution >= 0.6 is 0 Å². The fourth-order valence-corrected chi connectivity index (χ4v) is 6.82. The Hall–Kier alpha value is -3.17. The van der Waals surface area contributed by atoms with Gasteiger partial charge in [0.2, 0.25) is 11.8 Å². The van der Waals surface area contributed by atoms with Crippen molar-refractivity contribution in [1.82, 2.24) is 15.1 Å². The summed E-state index contributed by atoms with van der Waals surface area (Å²) in [6.45, 7) is 2.88. The summed E-state index contributed by atoms with van der Waals surface area (Å²) in [4.78, 5) is 31.7. The first-order valence-corrected chi connectivity index (χ1v) is 13.4. The molecule has 2 aromatic rings. The van der Waals surface area contributed by atoms with Crippen LogP contribution in [0.3, 0.4) is 0 Å². The van der Waals surface area contributed by atoms with Crippen LogP contribution in [-0.4, -0.2) is 53.3 Å². The number of nitriles is 1. The minimum atomic E-state index is -0.349. The Balaban J connectivity index is 1.18. The molecule has 5 atom stereocenters. The number of hydrogen-bond acceptors (Lipinski definition) is 4. The Labute approximate surface area is 213 Å². The van der Waals surface area contributed by atoms with E-state index in [0.717, 1.165) is 51.7 Å². The van der Waals surface area contributed by atoms with Crippen molar-refractivity contribution in [2.75, 3.05) is 19.6 Å². The van der Waals surface area contributed by atoms with Crippen molar-refractivity contribution in [1.29, 1.82) is 5.26 Å². The van der Waals surface area contributed by atoms with Gasteiger partial charge in [-0.2, -0.15) is 5.26 Å². The Morgan fingerprint density at radius 3 is 2.39 bits per heavy atom. The van der Waals surface area contributed by atoms with Crippen molar-refractivity contribution < 1.29 is 9.59 Å². The zero-order chi connectivity index (χ0) is 24.7. The lowest BCUT2D eigenvalue weighted by atomic mass is 9.87. The molecule has 2 bridgehead atoms. The van der Waals surface area contributed by atoms with Crippen molar-refractivity contribution in [2.24, 2.45) is 17.3 Å². The molecule has 6 nitrogen and oxygen atoms in total. The van der Waals surface area contributed by atoms with Crippen molar-refractivity contribution in [2.45, 2.75) is 56.7 Å². The number of carbonyl (C=O) groups excluding carboxylic acids is 2. The van der Waals surface area contributed by atoms with Crippen LogP contribution in [0.2, 0.25) is 0 Å². The molecule has 1 saturated carbocycles. The number of fused-ring (bicyclic) bond motifs is 2. The number of benzene rings is 2. The molecule has 0 radical (unpaired) electrons. The van der Waals surface area contributed by atoms with Crippen LogP contribution in [0, 0.1) is 28.6 Å². The van der Waals surface area contributed by atoms with E-state index in [4.69, 9.17) is 0 Å². The van der Waals surface area contributed by atoms with Crippen LogP contribution in [0.1, 0.15) is 49.1 Å². The molecule has 3 saturated heterocycles. The van der Waals surface area contributed by atoms with Gasteiger partial charge >= 0.3 is 0 Å². The number of carbonyl (C=O) groups is 2. The van der Waals surface area contributed by atoms with Gasteiger partial charge in [0, 0.05) is 44.2 Å². The summed E-state index contributed by atoms with van der Waals surface area (Å²) in [5.74, 6) is 0.143. The molecule has 4 fully saturated rings. The summed E-state index contributed by atoms with van der Waals surface area (Å²) < 4.78 is 0. The highest BCUT2D eigenvalue weighted by molar-refractivity contribution is 5.86. The number of amides is 2. The predicted molar refractivity (Wildman–Crippen MR) is 136 cm³/mol. The van der Waals surface area contributed by atoms with Gasteiger partial charge in [-0.25, -0.2) is 0 Å². The second-order valence-corrected chi connectivity index (χ2v) is 11.3. The molecule has 3 unspecified atom stereocenters. The maximum absolute atomic E-state index is 14.2. The molecule has 0 aromatic heterocycles. The molecule has 2 aromatic carbocycles. The van der Waals surface area contributed by atoms with Crippen LogP contribution in [0.15, 0.2) is 60.7 Å². The first-order chi connectivity index (χ1) is 17.6. The van der Waals surface area contributed by atoms with E-state index >= 15 is 0 Å². The number of nitrogens with zero attached hydrogens (tertiary/aromatic N) is 3. The van der Waals surface area contributed by atoms with E-state index in [9.17, 15) is 14.9 Å². The molecule has 6 heteroatoms. The SMILES string of the molecule is N#CC1(CNC(=O)C2CC3CCC2N3C(=O)[C@H]2CN(Cc3ccccc3)C[C@@H]2c2ccccc2)CC1. The van der Waals surface area contributed by atoms with E-state index in [1.807, 2.05) is 12.1 Å². The summed E-state index contributed by atoms with van der Waals surface area (Å²) >= 11 is 0. The molecule has 2 amide bonds. The van der Waals surface area contributed by atoms with Crippen molar-refractivity contribution in [3.63, 3.8) is 0 Å². The van der Waals surface area contributed by atoms with Gasteiger partial charge in [0.05, 0.1) is 23.3 Å². The first-order valence-electron chi connectivity index (χ1n) is 13.4. The molecule has 1 aliphatic carbocycles. The van der Waals surface area contributed by atoms with Gasteiger partial charge in [-0.15, -0.1) is 0 Å². The molecule has 186 valence electrons. The standard InChI is InChI=1S/C30H34N4O2/c31-19-30(13-14-30)20-32-28(35)24-15-23-11-12-27(24)34(23)29(36)26-18-33(16-21-7-3-1-4-8-21)17-25(26)22-9-5-2-6-10-22/h1-10,23-27H,11-18,20H2,(H,32,35)/t23?,24?,25-,26+,27?/m1/s1. The molecule has 36 heavy (non-hydrogen) atoms. The smallest absolute Gasteiger partial charge is 0.228 e.